The Morgan fingerprint density at radius 1 is 0.857 bits per heavy atom. The molecule has 0 atom stereocenters. The molecule has 0 spiro atoms. The van der Waals surface area contributed by atoms with E-state index in [0.29, 0.717) is 0 Å². The van der Waals surface area contributed by atoms with Crippen molar-refractivity contribution >= 4 is 54.5 Å². The zero-order valence-electron chi connectivity index (χ0n) is 3.19. The van der Waals surface area contributed by atoms with Crippen molar-refractivity contribution in [2.24, 2.45) is 0 Å². The summed E-state index contributed by atoms with van der Waals surface area (Å²) in [6.07, 6.45) is 0. The fourth-order valence-corrected chi connectivity index (χ4v) is 0. The van der Waals surface area contributed by atoms with Crippen LogP contribution in [0, 0.1) is 0 Å². The number of hydrogen-bond acceptors (Lipinski definition) is 4. The molecular weight excluding hydrogens is 236 g/mol. The van der Waals surface area contributed by atoms with E-state index in [9.17, 15) is 0 Å². The van der Waals surface area contributed by atoms with Crippen LogP contribution in [0.25, 0.3) is 0 Å². The first-order valence-corrected chi connectivity index (χ1v) is 2.45. The van der Waals surface area contributed by atoms with Gasteiger partial charge in [0.15, 0.2) is 0 Å². The van der Waals surface area contributed by atoms with Crippen LogP contribution < -0.4 is 19.2 Å². The van der Waals surface area contributed by atoms with Crippen molar-refractivity contribution in [2.45, 2.75) is 0 Å². The molecule has 0 rings (SSSR count). The molecule has 0 aliphatic heterocycles. The Hall–Kier alpha value is 2.06. The van der Waals surface area contributed by atoms with Crippen LogP contribution in [0.1, 0.15) is 0 Å². The molecule has 0 fully saturated rings. The van der Waals surface area contributed by atoms with Gasteiger partial charge in [0.2, 0.25) is 0 Å². The van der Waals surface area contributed by atoms with Gasteiger partial charge in [0.25, 0.3) is 0 Å². The second-order valence-electron chi connectivity index (χ2n) is 0.500. The molecule has 0 unspecified atom stereocenters. The van der Waals surface area contributed by atoms with Gasteiger partial charge in [-0.1, -0.05) is 0 Å². The topological polar surface area (TPSA) is 92.2 Å². The van der Waals surface area contributed by atoms with E-state index < -0.39 is 9.05 Å². The Morgan fingerprint density at radius 3 is 0.857 bits per heavy atom. The summed E-state index contributed by atoms with van der Waals surface area (Å²) in [6, 6.07) is 0. The molecule has 7 heavy (non-hydrogen) atoms. The van der Waals surface area contributed by atoms with Gasteiger partial charge in [-0.15, -0.1) is 0 Å². The maximum atomic E-state index is 8.58. The second kappa shape index (κ2) is 6.18. The average molecular weight is 236 g/mol. The molecule has 0 N–H and O–H groups in total. The molecule has 0 saturated carbocycles. The van der Waals surface area contributed by atoms with Crippen LogP contribution in [0.3, 0.4) is 0 Å². The van der Waals surface area contributed by atoms with Crippen molar-refractivity contribution in [1.29, 1.82) is 0 Å². The molecule has 7 heteroatoms. The first-order chi connectivity index (χ1) is 2.00. The standard InChI is InChI=1S/Fe.O4Si.Sr/c;1-5(2,3)4;/q+2;-4;+2. The molecule has 0 heterocycles. The molecule has 0 saturated heterocycles. The van der Waals surface area contributed by atoms with E-state index in [0.717, 1.165) is 0 Å². The van der Waals surface area contributed by atoms with E-state index in [1.54, 1.807) is 0 Å². The fourth-order valence-electron chi connectivity index (χ4n) is 0. The van der Waals surface area contributed by atoms with E-state index in [2.05, 4.69) is 0 Å². The van der Waals surface area contributed by atoms with E-state index in [1.165, 1.54) is 0 Å². The Bertz CT molecular complexity index is 27.2. The summed E-state index contributed by atoms with van der Waals surface area (Å²) < 4.78 is 0. The molecule has 0 radical (unpaired) electrons. The normalized spacial score (nSPS) is 8.57. The molecule has 0 amide bonds. The van der Waals surface area contributed by atoms with Crippen molar-refractivity contribution < 1.29 is 36.3 Å². The van der Waals surface area contributed by atoms with Crippen LogP contribution in [0.5, 0.6) is 0 Å². The quantitative estimate of drug-likeness (QED) is 0.392. The molecule has 0 aromatic rings. The van der Waals surface area contributed by atoms with Crippen LogP contribution in [0.2, 0.25) is 0 Å². The molecule has 38 valence electrons. The third-order valence-corrected chi connectivity index (χ3v) is 0. The van der Waals surface area contributed by atoms with Crippen LogP contribution in [-0.2, 0) is 17.1 Å². The SMILES string of the molecule is [Fe+2].[O-][Si]([O-])([O-])[O-].[Sr+2]. The zero-order valence-corrected chi connectivity index (χ0v) is 8.77. The van der Waals surface area contributed by atoms with Crippen molar-refractivity contribution in [3.63, 3.8) is 0 Å². The van der Waals surface area contributed by atoms with Crippen LogP contribution >= 0.6 is 0 Å². The Morgan fingerprint density at radius 2 is 0.857 bits per heavy atom. The smallest absolute Gasteiger partial charge is 0.894 e. The third-order valence-electron chi connectivity index (χ3n) is 0. The summed E-state index contributed by atoms with van der Waals surface area (Å²) in [5.41, 5.74) is 0. The Labute approximate surface area is 89.4 Å². The van der Waals surface area contributed by atoms with Gasteiger partial charge in [0.1, 0.15) is 0 Å². The molecule has 4 nitrogen and oxygen atoms in total. The van der Waals surface area contributed by atoms with Crippen molar-refractivity contribution in [3.05, 3.63) is 0 Å². The van der Waals surface area contributed by atoms with Crippen molar-refractivity contribution in [3.8, 4) is 0 Å². The molecule has 0 aliphatic rings. The maximum absolute atomic E-state index is 8.58. The monoisotopic (exact) mass is 236 g/mol. The molecule has 0 aromatic heterocycles. The van der Waals surface area contributed by atoms with Gasteiger partial charge in [0.05, 0.1) is 0 Å². The minimum absolute atomic E-state index is 0. The number of hydrogen-bond donors (Lipinski definition) is 0. The zero-order chi connectivity index (χ0) is 4.50. The molecule has 0 bridgehead atoms. The van der Waals surface area contributed by atoms with Gasteiger partial charge < -0.3 is 28.2 Å². The van der Waals surface area contributed by atoms with Crippen molar-refractivity contribution in [2.75, 3.05) is 0 Å². The summed E-state index contributed by atoms with van der Waals surface area (Å²) in [5.74, 6) is 0. The molecule has 0 aromatic carbocycles. The predicted molar refractivity (Wildman–Crippen MR) is 11.5 cm³/mol. The van der Waals surface area contributed by atoms with Gasteiger partial charge in [-0.05, 0) is 0 Å². The third kappa shape index (κ3) is 69.9. The van der Waals surface area contributed by atoms with Gasteiger partial charge in [-0.2, -0.15) is 0 Å². The summed E-state index contributed by atoms with van der Waals surface area (Å²) >= 11 is 0. The minimum atomic E-state index is -5.61. The van der Waals surface area contributed by atoms with Crippen LogP contribution in [-0.4, -0.2) is 54.5 Å². The molecule has 0 aliphatic carbocycles. The summed E-state index contributed by atoms with van der Waals surface area (Å²) in [5, 5.41) is 0. The summed E-state index contributed by atoms with van der Waals surface area (Å²) in [7, 11) is -5.61. The van der Waals surface area contributed by atoms with Gasteiger partial charge in [-0.3, -0.25) is 0 Å². The second-order valence-corrected chi connectivity index (χ2v) is 1.50. The first-order valence-electron chi connectivity index (χ1n) is 0.816. The van der Waals surface area contributed by atoms with E-state index in [4.69, 9.17) is 19.2 Å². The molecular formula is FeO4SiSr. The van der Waals surface area contributed by atoms with E-state index >= 15 is 0 Å². The summed E-state index contributed by atoms with van der Waals surface area (Å²) in [4.78, 5) is 34.3. The predicted octanol–water partition coefficient (Wildman–Crippen LogP) is -5.52. The largest absolute Gasteiger partial charge is 2.00 e. The fraction of sp³-hybridized carbons (Fsp3) is 0. The summed E-state index contributed by atoms with van der Waals surface area (Å²) in [6.45, 7) is 0. The Kier molecular flexibility index (Phi) is 14.2. The average Bonchev–Trinajstić information content (AvgIpc) is 0.722. The van der Waals surface area contributed by atoms with Gasteiger partial charge >= 0.3 is 62.6 Å². The van der Waals surface area contributed by atoms with Crippen LogP contribution in [0.15, 0.2) is 0 Å². The van der Waals surface area contributed by atoms with E-state index in [1.807, 2.05) is 0 Å². The maximum Gasteiger partial charge on any atom is 2.00 e. The Balaban J connectivity index is -0.0000000800. The van der Waals surface area contributed by atoms with Gasteiger partial charge in [-0.25, -0.2) is 0 Å². The van der Waals surface area contributed by atoms with Crippen molar-refractivity contribution in [1.82, 2.24) is 0 Å². The minimum Gasteiger partial charge on any atom is -0.894 e. The van der Waals surface area contributed by atoms with E-state index in [-0.39, 0.29) is 62.6 Å². The number of rotatable bonds is 0. The first kappa shape index (κ1) is 16.0. The van der Waals surface area contributed by atoms with Crippen LogP contribution in [0.4, 0.5) is 0 Å². The van der Waals surface area contributed by atoms with Gasteiger partial charge in [0, 0.05) is 0 Å².